The average molecular weight is 193 g/mol. The van der Waals surface area contributed by atoms with Crippen molar-refractivity contribution < 1.29 is 0 Å². The van der Waals surface area contributed by atoms with Crippen LogP contribution in [0.15, 0.2) is 0 Å². The van der Waals surface area contributed by atoms with Gasteiger partial charge in [-0.1, -0.05) is 0 Å². The van der Waals surface area contributed by atoms with Crippen LogP contribution in [-0.4, -0.2) is 9.97 Å². The van der Waals surface area contributed by atoms with E-state index < -0.39 is 0 Å². The predicted molar refractivity (Wildman–Crippen MR) is 51.9 cm³/mol. The Kier molecular flexibility index (Phi) is 1.54. The van der Waals surface area contributed by atoms with E-state index in [9.17, 15) is 0 Å². The van der Waals surface area contributed by atoms with Crippen molar-refractivity contribution in [3.8, 4) is 0 Å². The molecular formula is C9H11N3S. The minimum atomic E-state index is 0.643. The Morgan fingerprint density at radius 3 is 2.92 bits per heavy atom. The molecule has 3 rings (SSSR count). The molecule has 0 atom stereocenters. The molecule has 0 spiro atoms. The van der Waals surface area contributed by atoms with Gasteiger partial charge in [0, 0.05) is 30.3 Å². The van der Waals surface area contributed by atoms with E-state index in [0.29, 0.717) is 10.7 Å². The molecule has 2 heterocycles. The van der Waals surface area contributed by atoms with E-state index in [2.05, 4.69) is 15.3 Å². The third kappa shape index (κ3) is 1.21. The fourth-order valence-electron chi connectivity index (χ4n) is 1.92. The Bertz CT molecular complexity index is 406. The minimum absolute atomic E-state index is 0.643. The van der Waals surface area contributed by atoms with Crippen LogP contribution in [-0.2, 0) is 13.1 Å². The van der Waals surface area contributed by atoms with Crippen LogP contribution in [0.2, 0.25) is 0 Å². The van der Waals surface area contributed by atoms with Gasteiger partial charge in [0.05, 0.1) is 5.69 Å². The molecule has 0 amide bonds. The number of hydrogen-bond donors (Lipinski definition) is 2. The van der Waals surface area contributed by atoms with Gasteiger partial charge in [-0.15, -0.1) is 0 Å². The molecular weight excluding hydrogens is 182 g/mol. The molecule has 1 aromatic heterocycles. The fourth-order valence-corrected chi connectivity index (χ4v) is 2.14. The zero-order valence-electron chi connectivity index (χ0n) is 7.26. The second-order valence-corrected chi connectivity index (χ2v) is 4.15. The van der Waals surface area contributed by atoms with Crippen molar-refractivity contribution in [3.05, 3.63) is 21.7 Å². The zero-order valence-corrected chi connectivity index (χ0v) is 8.08. The quantitative estimate of drug-likeness (QED) is 0.666. The highest BCUT2D eigenvalue weighted by Crippen LogP contribution is 2.41. The van der Waals surface area contributed by atoms with Crippen molar-refractivity contribution in [2.45, 2.75) is 31.8 Å². The van der Waals surface area contributed by atoms with Gasteiger partial charge in [-0.3, -0.25) is 0 Å². The third-order valence-electron chi connectivity index (χ3n) is 2.72. The molecule has 0 bridgehead atoms. The summed E-state index contributed by atoms with van der Waals surface area (Å²) >= 11 is 5.09. The van der Waals surface area contributed by atoms with Crippen molar-refractivity contribution in [3.63, 3.8) is 0 Å². The van der Waals surface area contributed by atoms with Crippen LogP contribution >= 0.6 is 12.2 Å². The Balaban J connectivity index is 2.21. The van der Waals surface area contributed by atoms with Gasteiger partial charge in [-0.2, -0.15) is 0 Å². The van der Waals surface area contributed by atoms with Crippen LogP contribution in [0.25, 0.3) is 0 Å². The Hall–Kier alpha value is -0.740. The molecule has 0 aromatic carbocycles. The van der Waals surface area contributed by atoms with Gasteiger partial charge in [-0.25, -0.2) is 4.98 Å². The second-order valence-electron chi connectivity index (χ2n) is 3.76. The predicted octanol–water partition coefficient (Wildman–Crippen LogP) is 1.62. The summed E-state index contributed by atoms with van der Waals surface area (Å²) < 4.78 is 0.643. The van der Waals surface area contributed by atoms with E-state index in [1.807, 2.05) is 0 Å². The average Bonchev–Trinajstić information content (AvgIpc) is 2.84. The van der Waals surface area contributed by atoms with Crippen molar-refractivity contribution >= 4 is 12.2 Å². The van der Waals surface area contributed by atoms with E-state index in [1.54, 1.807) is 0 Å². The van der Waals surface area contributed by atoms with Crippen LogP contribution in [0.3, 0.4) is 0 Å². The number of aromatic amines is 1. The maximum absolute atomic E-state index is 5.09. The molecule has 0 unspecified atom stereocenters. The standard InChI is InChI=1S/C9H11N3S/c13-9-11-7-4-10-3-6(7)8(12-9)5-1-2-5/h5,10H,1-4H2,(H,11,12,13). The van der Waals surface area contributed by atoms with Crippen LogP contribution in [0.5, 0.6) is 0 Å². The van der Waals surface area contributed by atoms with Gasteiger partial charge in [0.15, 0.2) is 4.77 Å². The summed E-state index contributed by atoms with van der Waals surface area (Å²) in [5, 5.41) is 3.32. The molecule has 3 nitrogen and oxygen atoms in total. The molecule has 68 valence electrons. The van der Waals surface area contributed by atoms with E-state index in [4.69, 9.17) is 12.2 Å². The molecule has 0 saturated heterocycles. The molecule has 13 heavy (non-hydrogen) atoms. The molecule has 1 saturated carbocycles. The first-order valence-electron chi connectivity index (χ1n) is 4.67. The normalized spacial score (nSPS) is 20.3. The largest absolute Gasteiger partial charge is 0.333 e. The maximum atomic E-state index is 5.09. The van der Waals surface area contributed by atoms with Crippen molar-refractivity contribution in [2.75, 3.05) is 0 Å². The number of aromatic nitrogens is 2. The molecule has 1 fully saturated rings. The summed E-state index contributed by atoms with van der Waals surface area (Å²) in [6.07, 6.45) is 2.58. The van der Waals surface area contributed by atoms with Crippen molar-refractivity contribution in [1.82, 2.24) is 15.3 Å². The summed E-state index contributed by atoms with van der Waals surface area (Å²) in [4.78, 5) is 7.58. The first kappa shape index (κ1) is 7.64. The summed E-state index contributed by atoms with van der Waals surface area (Å²) in [5.74, 6) is 0.699. The minimum Gasteiger partial charge on any atom is -0.333 e. The van der Waals surface area contributed by atoms with E-state index in [1.165, 1.54) is 29.8 Å². The molecule has 1 aromatic rings. The molecule has 2 aliphatic rings. The highest BCUT2D eigenvalue weighted by Gasteiger charge is 2.30. The maximum Gasteiger partial charge on any atom is 0.197 e. The molecule has 2 N–H and O–H groups in total. The van der Waals surface area contributed by atoms with E-state index in [-0.39, 0.29) is 0 Å². The lowest BCUT2D eigenvalue weighted by Gasteiger charge is -2.04. The Labute approximate surface area is 81.6 Å². The van der Waals surface area contributed by atoms with Crippen LogP contribution in [0, 0.1) is 4.77 Å². The van der Waals surface area contributed by atoms with Gasteiger partial charge < -0.3 is 10.3 Å². The molecule has 4 heteroatoms. The highest BCUT2D eigenvalue weighted by molar-refractivity contribution is 7.71. The topological polar surface area (TPSA) is 40.7 Å². The van der Waals surface area contributed by atoms with Gasteiger partial charge in [0.25, 0.3) is 0 Å². The van der Waals surface area contributed by atoms with Gasteiger partial charge in [-0.05, 0) is 25.1 Å². The SMILES string of the molecule is S=c1nc(C2CC2)c2c([nH]1)CNC2. The molecule has 1 aliphatic heterocycles. The summed E-state index contributed by atoms with van der Waals surface area (Å²) in [7, 11) is 0. The molecule has 0 radical (unpaired) electrons. The fraction of sp³-hybridized carbons (Fsp3) is 0.556. The first-order chi connectivity index (χ1) is 6.34. The van der Waals surface area contributed by atoms with Crippen molar-refractivity contribution in [1.29, 1.82) is 0 Å². The summed E-state index contributed by atoms with van der Waals surface area (Å²) in [6, 6.07) is 0. The number of nitrogens with one attached hydrogen (secondary N) is 2. The zero-order chi connectivity index (χ0) is 8.84. The van der Waals surface area contributed by atoms with Gasteiger partial charge in [0.2, 0.25) is 0 Å². The Morgan fingerprint density at radius 2 is 2.15 bits per heavy atom. The van der Waals surface area contributed by atoms with E-state index in [0.717, 1.165) is 13.1 Å². The highest BCUT2D eigenvalue weighted by atomic mass is 32.1. The van der Waals surface area contributed by atoms with Crippen LogP contribution in [0.4, 0.5) is 0 Å². The van der Waals surface area contributed by atoms with Gasteiger partial charge >= 0.3 is 0 Å². The number of H-pyrrole nitrogens is 1. The second kappa shape index (κ2) is 2.62. The van der Waals surface area contributed by atoms with Gasteiger partial charge in [0.1, 0.15) is 0 Å². The third-order valence-corrected chi connectivity index (χ3v) is 2.91. The molecule has 1 aliphatic carbocycles. The number of nitrogens with zero attached hydrogens (tertiary/aromatic N) is 1. The van der Waals surface area contributed by atoms with E-state index >= 15 is 0 Å². The first-order valence-corrected chi connectivity index (χ1v) is 5.08. The number of rotatable bonds is 1. The summed E-state index contributed by atoms with van der Waals surface area (Å²) in [5.41, 5.74) is 3.88. The lowest BCUT2D eigenvalue weighted by molar-refractivity contribution is 0.755. The van der Waals surface area contributed by atoms with Crippen LogP contribution in [0.1, 0.15) is 35.7 Å². The van der Waals surface area contributed by atoms with Crippen LogP contribution < -0.4 is 5.32 Å². The smallest absolute Gasteiger partial charge is 0.197 e. The van der Waals surface area contributed by atoms with Crippen molar-refractivity contribution in [2.24, 2.45) is 0 Å². The lowest BCUT2D eigenvalue weighted by atomic mass is 10.1. The monoisotopic (exact) mass is 193 g/mol. The Morgan fingerprint density at radius 1 is 1.31 bits per heavy atom. The lowest BCUT2D eigenvalue weighted by Crippen LogP contribution is -2.01. The number of fused-ring (bicyclic) bond motifs is 1. The number of hydrogen-bond acceptors (Lipinski definition) is 3. The summed E-state index contributed by atoms with van der Waals surface area (Å²) in [6.45, 7) is 1.88.